The zero-order chi connectivity index (χ0) is 12.9. The summed E-state index contributed by atoms with van der Waals surface area (Å²) in [6.07, 6.45) is -7.43. The molecule has 0 rings (SSSR count). The van der Waals surface area contributed by atoms with Gasteiger partial charge in [-0.25, -0.2) is 0 Å². The van der Waals surface area contributed by atoms with Crippen molar-refractivity contribution in [3.05, 3.63) is 0 Å². The number of hydrogen-bond acceptors (Lipinski definition) is 7. The highest BCUT2D eigenvalue weighted by atomic mass is 16.4. The zero-order valence-electron chi connectivity index (χ0n) is 8.22. The normalized spacial score (nSPS) is 20.6. The first kappa shape index (κ1) is 14.9. The third kappa shape index (κ3) is 3.51. The average molecular weight is 238 g/mol. The van der Waals surface area contributed by atoms with Crippen LogP contribution in [0.2, 0.25) is 0 Å². The lowest BCUT2D eigenvalue weighted by Crippen LogP contribution is -2.55. The van der Waals surface area contributed by atoms with Gasteiger partial charge in [-0.2, -0.15) is 0 Å². The molecule has 0 aliphatic rings. The van der Waals surface area contributed by atoms with Gasteiger partial charge < -0.3 is 35.4 Å². The van der Waals surface area contributed by atoms with E-state index < -0.39 is 42.9 Å². The molecule has 0 bridgehead atoms. The van der Waals surface area contributed by atoms with E-state index in [0.29, 0.717) is 0 Å². The minimum absolute atomic E-state index is 0.237. The van der Waals surface area contributed by atoms with Crippen LogP contribution < -0.4 is 0 Å². The Labute approximate surface area is 90.4 Å². The van der Waals surface area contributed by atoms with Gasteiger partial charge in [0.2, 0.25) is 0 Å². The molecule has 94 valence electrons. The number of carboxylic acids is 1. The summed E-state index contributed by atoms with van der Waals surface area (Å²) in [4.78, 5) is 20.8. The Balaban J connectivity index is 4.81. The van der Waals surface area contributed by atoms with E-state index in [2.05, 4.69) is 0 Å². The van der Waals surface area contributed by atoms with Gasteiger partial charge in [0.15, 0.2) is 11.9 Å². The molecule has 0 aromatic rings. The van der Waals surface area contributed by atoms with Crippen molar-refractivity contribution in [2.45, 2.75) is 30.3 Å². The Morgan fingerprint density at radius 1 is 1.31 bits per heavy atom. The molecule has 0 radical (unpaired) electrons. The van der Waals surface area contributed by atoms with Crippen LogP contribution in [0.5, 0.6) is 0 Å². The van der Waals surface area contributed by atoms with Crippen molar-refractivity contribution < 1.29 is 40.2 Å². The highest BCUT2D eigenvalue weighted by Gasteiger charge is 2.44. The van der Waals surface area contributed by atoms with E-state index in [4.69, 9.17) is 15.3 Å². The molecule has 0 spiro atoms. The molecule has 0 amide bonds. The highest BCUT2D eigenvalue weighted by Crippen LogP contribution is 2.18. The van der Waals surface area contributed by atoms with Gasteiger partial charge >= 0.3 is 5.97 Å². The second kappa shape index (κ2) is 5.87. The summed E-state index contributed by atoms with van der Waals surface area (Å²) < 4.78 is 0. The van der Waals surface area contributed by atoms with Gasteiger partial charge in [-0.3, -0.25) is 4.79 Å². The predicted molar refractivity (Wildman–Crippen MR) is 48.4 cm³/mol. The molecule has 0 saturated carbocycles. The molecule has 8 heteroatoms. The van der Waals surface area contributed by atoms with Crippen molar-refractivity contribution in [1.29, 1.82) is 0 Å². The molecule has 0 heterocycles. The van der Waals surface area contributed by atoms with Crippen LogP contribution in [0.3, 0.4) is 0 Å². The molecule has 6 N–H and O–H groups in total. The number of carbonyl (C=O) groups is 2. The minimum Gasteiger partial charge on any atom is -0.481 e. The number of aldehydes is 1. The lowest BCUT2D eigenvalue weighted by atomic mass is 9.89. The van der Waals surface area contributed by atoms with Crippen LogP contribution in [0.15, 0.2) is 0 Å². The van der Waals surface area contributed by atoms with Gasteiger partial charge in [-0.05, 0) is 0 Å². The summed E-state index contributed by atoms with van der Waals surface area (Å²) in [5.74, 6) is -1.57. The Kier molecular flexibility index (Phi) is 5.48. The molecule has 0 unspecified atom stereocenters. The molecule has 16 heavy (non-hydrogen) atoms. The molecule has 0 fully saturated rings. The van der Waals surface area contributed by atoms with Crippen molar-refractivity contribution in [1.82, 2.24) is 0 Å². The summed E-state index contributed by atoms with van der Waals surface area (Å²) in [6, 6.07) is 0. The fraction of sp³-hybridized carbons (Fsp3) is 0.750. The summed E-state index contributed by atoms with van der Waals surface area (Å²) in [5, 5.41) is 53.7. The summed E-state index contributed by atoms with van der Waals surface area (Å²) in [5.41, 5.74) is -2.72. The lowest BCUT2D eigenvalue weighted by molar-refractivity contribution is -0.174. The average Bonchev–Trinajstić information content (AvgIpc) is 2.24. The molecular formula is C8H14O8. The fourth-order valence-corrected chi connectivity index (χ4v) is 1.07. The molecular weight excluding hydrogens is 224 g/mol. The molecule has 0 aliphatic heterocycles. The van der Waals surface area contributed by atoms with Crippen molar-refractivity contribution in [3.8, 4) is 0 Å². The Morgan fingerprint density at radius 3 is 2.12 bits per heavy atom. The van der Waals surface area contributed by atoms with E-state index in [-0.39, 0.29) is 6.29 Å². The smallest absolute Gasteiger partial charge is 0.306 e. The van der Waals surface area contributed by atoms with Crippen LogP contribution in [-0.2, 0) is 9.59 Å². The molecule has 0 saturated heterocycles. The summed E-state index contributed by atoms with van der Waals surface area (Å²) in [6.45, 7) is -0.916. The molecule has 8 nitrogen and oxygen atoms in total. The maximum atomic E-state index is 10.5. The van der Waals surface area contributed by atoms with Gasteiger partial charge in [-0.1, -0.05) is 0 Å². The molecule has 4 atom stereocenters. The van der Waals surface area contributed by atoms with E-state index in [1.165, 1.54) is 0 Å². The van der Waals surface area contributed by atoms with Crippen LogP contribution in [0.4, 0.5) is 0 Å². The molecule has 0 aromatic heterocycles. The second-order valence-electron chi connectivity index (χ2n) is 3.36. The highest BCUT2D eigenvalue weighted by molar-refractivity contribution is 5.76. The fourth-order valence-electron chi connectivity index (χ4n) is 1.07. The summed E-state index contributed by atoms with van der Waals surface area (Å²) >= 11 is 0. The van der Waals surface area contributed by atoms with Crippen molar-refractivity contribution in [2.75, 3.05) is 6.61 Å². The van der Waals surface area contributed by atoms with E-state index in [9.17, 15) is 24.9 Å². The van der Waals surface area contributed by atoms with Gasteiger partial charge in [0, 0.05) is 0 Å². The zero-order valence-corrected chi connectivity index (χ0v) is 8.22. The molecule has 0 aromatic carbocycles. The number of carbonyl (C=O) groups excluding carboxylic acids is 1. The maximum absolute atomic E-state index is 10.5. The van der Waals surface area contributed by atoms with E-state index in [0.717, 1.165) is 0 Å². The SMILES string of the molecule is O=C[C@@](O)(CC(=O)O)[C@@H](O)[C@H](O)[C@H](O)CO. The van der Waals surface area contributed by atoms with E-state index >= 15 is 0 Å². The maximum Gasteiger partial charge on any atom is 0.306 e. The first-order valence-corrected chi connectivity index (χ1v) is 4.34. The first-order chi connectivity index (χ1) is 7.28. The largest absolute Gasteiger partial charge is 0.481 e. The number of hydrogen-bond donors (Lipinski definition) is 6. The lowest BCUT2D eigenvalue weighted by Gasteiger charge is -2.31. The summed E-state index contributed by atoms with van der Waals surface area (Å²) in [7, 11) is 0. The van der Waals surface area contributed by atoms with Crippen LogP contribution >= 0.6 is 0 Å². The number of carboxylic acid groups (broad SMARTS) is 1. The third-order valence-corrected chi connectivity index (χ3v) is 2.06. The quantitative estimate of drug-likeness (QED) is 0.249. The predicted octanol–water partition coefficient (Wildman–Crippen LogP) is -3.53. The second-order valence-corrected chi connectivity index (χ2v) is 3.36. The standard InChI is InChI=1S/C8H14O8/c9-2-4(11)6(14)7(15)8(16,3-10)1-5(12)13/h3-4,6-7,9,11,14-16H,1-2H2,(H,12,13)/t4-,6-,7+,8+/m1/s1. The Hall–Kier alpha value is -1.06. The molecule has 0 aliphatic carbocycles. The van der Waals surface area contributed by atoms with Gasteiger partial charge in [-0.15, -0.1) is 0 Å². The van der Waals surface area contributed by atoms with Crippen molar-refractivity contribution in [3.63, 3.8) is 0 Å². The van der Waals surface area contributed by atoms with E-state index in [1.54, 1.807) is 0 Å². The van der Waals surface area contributed by atoms with Crippen LogP contribution in [0.25, 0.3) is 0 Å². The number of aliphatic carboxylic acids is 1. The monoisotopic (exact) mass is 238 g/mol. The van der Waals surface area contributed by atoms with Gasteiger partial charge in [0.25, 0.3) is 0 Å². The number of aliphatic hydroxyl groups is 5. The Morgan fingerprint density at radius 2 is 1.81 bits per heavy atom. The van der Waals surface area contributed by atoms with Crippen molar-refractivity contribution in [2.24, 2.45) is 0 Å². The van der Waals surface area contributed by atoms with Crippen LogP contribution in [-0.4, -0.2) is 73.4 Å². The Bertz CT molecular complexity index is 254. The van der Waals surface area contributed by atoms with Gasteiger partial charge in [0.1, 0.15) is 18.3 Å². The number of aliphatic hydroxyl groups excluding tert-OH is 4. The topological polar surface area (TPSA) is 156 Å². The van der Waals surface area contributed by atoms with Crippen molar-refractivity contribution >= 4 is 12.3 Å². The van der Waals surface area contributed by atoms with E-state index in [1.807, 2.05) is 0 Å². The third-order valence-electron chi connectivity index (χ3n) is 2.06. The van der Waals surface area contributed by atoms with Crippen LogP contribution in [0, 0.1) is 0 Å². The minimum atomic E-state index is -2.72. The number of rotatable bonds is 7. The first-order valence-electron chi connectivity index (χ1n) is 4.34. The van der Waals surface area contributed by atoms with Crippen LogP contribution in [0.1, 0.15) is 6.42 Å². The van der Waals surface area contributed by atoms with Gasteiger partial charge in [0.05, 0.1) is 13.0 Å².